The Kier molecular flexibility index (Phi) is 9.12. The van der Waals surface area contributed by atoms with Crippen LogP contribution in [0.4, 0.5) is 5.69 Å². The van der Waals surface area contributed by atoms with E-state index in [4.69, 9.17) is 21.4 Å². The number of benzene rings is 3. The molecule has 0 saturated heterocycles. The number of nitrogens with zero attached hydrogens (tertiary/aromatic N) is 5. The Hall–Kier alpha value is -5.33. The second-order valence-electron chi connectivity index (χ2n) is 10.1. The second-order valence-corrected chi connectivity index (χ2v) is 10.5. The number of para-hydroxylation sites is 2. The fourth-order valence-electron chi connectivity index (χ4n) is 4.72. The highest BCUT2D eigenvalue weighted by atomic mass is 35.5. The molecule has 0 aliphatic carbocycles. The van der Waals surface area contributed by atoms with Crippen LogP contribution in [0.3, 0.4) is 0 Å². The summed E-state index contributed by atoms with van der Waals surface area (Å²) in [6.45, 7) is 4.38. The van der Waals surface area contributed by atoms with Crippen LogP contribution in [-0.4, -0.2) is 31.7 Å². The molecule has 0 unspecified atom stereocenters. The van der Waals surface area contributed by atoms with E-state index in [2.05, 4.69) is 12.2 Å². The topological polar surface area (TPSA) is 107 Å². The van der Waals surface area contributed by atoms with Crippen LogP contribution in [-0.2, 0) is 11.8 Å². The molecule has 3 aromatic carbocycles. The van der Waals surface area contributed by atoms with Crippen LogP contribution in [0.25, 0.3) is 28.7 Å². The fraction of sp³-hybridized carbons (Fsp3) is 0.176. The Balaban J connectivity index is 1.52. The molecule has 0 aliphatic heterocycles. The number of carbonyl (C=O) groups is 1. The highest BCUT2D eigenvalue weighted by molar-refractivity contribution is 6.32. The summed E-state index contributed by atoms with van der Waals surface area (Å²) in [5.41, 5.74) is 3.18. The van der Waals surface area contributed by atoms with Crippen LogP contribution < -0.4 is 15.6 Å². The van der Waals surface area contributed by atoms with Crippen molar-refractivity contribution in [2.75, 3.05) is 11.9 Å². The number of ether oxygens (including phenoxy) is 1. The molecule has 10 heteroatoms. The molecule has 2 aromatic heterocycles. The molecule has 0 aliphatic rings. The van der Waals surface area contributed by atoms with Crippen molar-refractivity contribution in [3.8, 4) is 34.5 Å². The van der Waals surface area contributed by atoms with Crippen molar-refractivity contribution in [3.05, 3.63) is 117 Å². The van der Waals surface area contributed by atoms with Gasteiger partial charge < -0.3 is 10.1 Å². The van der Waals surface area contributed by atoms with Crippen LogP contribution in [0.2, 0.25) is 5.02 Å². The second kappa shape index (κ2) is 13.3. The van der Waals surface area contributed by atoms with Gasteiger partial charge in [0, 0.05) is 24.4 Å². The molecule has 0 atom stereocenters. The van der Waals surface area contributed by atoms with Gasteiger partial charge in [0.2, 0.25) is 0 Å². The number of amides is 1. The zero-order chi connectivity index (χ0) is 31.2. The zero-order valence-electron chi connectivity index (χ0n) is 24.6. The zero-order valence-corrected chi connectivity index (χ0v) is 25.4. The summed E-state index contributed by atoms with van der Waals surface area (Å²) in [5, 5.41) is 17.9. The van der Waals surface area contributed by atoms with Crippen molar-refractivity contribution in [1.29, 1.82) is 5.26 Å². The lowest BCUT2D eigenvalue weighted by molar-refractivity contribution is -0.112. The molecule has 0 fully saturated rings. The van der Waals surface area contributed by atoms with E-state index in [-0.39, 0.29) is 11.3 Å². The molecule has 1 N–H and O–H groups in total. The number of halogens is 1. The van der Waals surface area contributed by atoms with Gasteiger partial charge >= 0.3 is 0 Å². The Morgan fingerprint density at radius 3 is 2.39 bits per heavy atom. The van der Waals surface area contributed by atoms with Crippen molar-refractivity contribution in [3.63, 3.8) is 0 Å². The smallest absolute Gasteiger partial charge is 0.295 e. The van der Waals surface area contributed by atoms with E-state index in [1.165, 1.54) is 10.8 Å². The van der Waals surface area contributed by atoms with Crippen LogP contribution in [0.1, 0.15) is 31.0 Å². The van der Waals surface area contributed by atoms with E-state index in [0.29, 0.717) is 45.6 Å². The summed E-state index contributed by atoms with van der Waals surface area (Å²) >= 11 is 6.57. The van der Waals surface area contributed by atoms with Crippen molar-refractivity contribution in [2.24, 2.45) is 7.05 Å². The summed E-state index contributed by atoms with van der Waals surface area (Å²) in [5.74, 6) is -0.144. The van der Waals surface area contributed by atoms with Gasteiger partial charge in [0.15, 0.2) is 0 Å². The number of aromatic nitrogens is 4. The van der Waals surface area contributed by atoms with Crippen molar-refractivity contribution in [2.45, 2.75) is 26.7 Å². The number of hydrogen-bond donors (Lipinski definition) is 1. The molecule has 5 aromatic rings. The molecule has 0 spiro atoms. The molecule has 44 heavy (non-hydrogen) atoms. The van der Waals surface area contributed by atoms with Crippen LogP contribution in [0, 0.1) is 18.3 Å². The summed E-state index contributed by atoms with van der Waals surface area (Å²) in [4.78, 5) is 26.8. The van der Waals surface area contributed by atoms with E-state index in [1.807, 2.05) is 60.7 Å². The van der Waals surface area contributed by atoms with Gasteiger partial charge in [-0.3, -0.25) is 14.3 Å². The normalized spacial score (nSPS) is 11.3. The summed E-state index contributed by atoms with van der Waals surface area (Å²) in [7, 11) is 1.73. The maximum atomic E-state index is 13.4. The van der Waals surface area contributed by atoms with Gasteiger partial charge in [0.05, 0.1) is 28.7 Å². The lowest BCUT2D eigenvalue weighted by Crippen LogP contribution is -2.23. The number of hydrogen-bond acceptors (Lipinski definition) is 5. The van der Waals surface area contributed by atoms with Crippen LogP contribution in [0.15, 0.2) is 95.4 Å². The third-order valence-corrected chi connectivity index (χ3v) is 7.48. The van der Waals surface area contributed by atoms with Gasteiger partial charge in [-0.2, -0.15) is 10.4 Å². The van der Waals surface area contributed by atoms with Crippen molar-refractivity contribution < 1.29 is 9.53 Å². The molecule has 0 bridgehead atoms. The van der Waals surface area contributed by atoms with Gasteiger partial charge in [-0.05, 0) is 61.9 Å². The minimum absolute atomic E-state index is 0.0909. The maximum absolute atomic E-state index is 13.4. The first kappa shape index (κ1) is 30.1. The number of nitrogens with one attached hydrogen (secondary N) is 1. The molecule has 1 amide bonds. The van der Waals surface area contributed by atoms with E-state index in [1.54, 1.807) is 53.8 Å². The third kappa shape index (κ3) is 6.21. The molecule has 0 saturated carbocycles. The number of unbranched alkanes of at least 4 members (excludes halogenated alkanes) is 1. The summed E-state index contributed by atoms with van der Waals surface area (Å²) < 4.78 is 10.6. The first-order chi connectivity index (χ1) is 21.3. The monoisotopic (exact) mass is 606 g/mol. The van der Waals surface area contributed by atoms with Crippen molar-refractivity contribution >= 4 is 29.3 Å². The molecule has 9 nitrogen and oxygen atoms in total. The predicted octanol–water partition coefficient (Wildman–Crippen LogP) is 6.72. The van der Waals surface area contributed by atoms with E-state index in [0.717, 1.165) is 18.5 Å². The molecule has 0 radical (unpaired) electrons. The van der Waals surface area contributed by atoms with Gasteiger partial charge in [0.1, 0.15) is 28.8 Å². The number of rotatable bonds is 10. The average molecular weight is 607 g/mol. The van der Waals surface area contributed by atoms with E-state index >= 15 is 0 Å². The summed E-state index contributed by atoms with van der Waals surface area (Å²) in [6.07, 6.45) is 5.12. The predicted molar refractivity (Wildman–Crippen MR) is 172 cm³/mol. The lowest BCUT2D eigenvalue weighted by Gasteiger charge is -2.09. The summed E-state index contributed by atoms with van der Waals surface area (Å²) in [6, 6.07) is 26.0. The van der Waals surface area contributed by atoms with Crippen molar-refractivity contribution in [1.82, 2.24) is 19.1 Å². The quantitative estimate of drug-likeness (QED) is 0.108. The molecule has 2 heterocycles. The average Bonchev–Trinajstić information content (AvgIpc) is 3.55. The Bertz CT molecular complexity index is 1930. The molecular formula is C34H31ClN6O3. The SMILES string of the molecule is CCCCOc1ccc(-c2nn(-c3ccccc3)cc2C=C(C#N)C(=O)Nc2c(C)n(C)n(-c3ccccc3)c2=O)cc1Cl. The molecule has 222 valence electrons. The highest BCUT2D eigenvalue weighted by Crippen LogP contribution is 2.33. The molecular weight excluding hydrogens is 576 g/mol. The van der Waals surface area contributed by atoms with Crippen LogP contribution in [0.5, 0.6) is 5.75 Å². The van der Waals surface area contributed by atoms with Gasteiger partial charge in [-0.15, -0.1) is 0 Å². The number of nitriles is 1. The Morgan fingerprint density at radius 2 is 1.75 bits per heavy atom. The first-order valence-corrected chi connectivity index (χ1v) is 14.5. The molecule has 5 rings (SSSR count). The van der Waals surface area contributed by atoms with Gasteiger partial charge in [-0.1, -0.05) is 61.3 Å². The van der Waals surface area contributed by atoms with Gasteiger partial charge in [-0.25, -0.2) is 9.36 Å². The minimum atomic E-state index is -0.713. The van der Waals surface area contributed by atoms with E-state index < -0.39 is 11.5 Å². The maximum Gasteiger partial charge on any atom is 0.295 e. The Morgan fingerprint density at radius 1 is 1.07 bits per heavy atom. The highest BCUT2D eigenvalue weighted by Gasteiger charge is 2.21. The number of carbonyl (C=O) groups excluding carboxylic acids is 1. The fourth-order valence-corrected chi connectivity index (χ4v) is 4.95. The first-order valence-electron chi connectivity index (χ1n) is 14.2. The lowest BCUT2D eigenvalue weighted by atomic mass is 10.1. The van der Waals surface area contributed by atoms with E-state index in [9.17, 15) is 14.9 Å². The minimum Gasteiger partial charge on any atom is -0.492 e. The van der Waals surface area contributed by atoms with Crippen LogP contribution >= 0.6 is 11.6 Å². The Labute approximate surface area is 260 Å². The number of anilines is 1. The standard InChI is InChI=1S/C34H31ClN6O3/c1-4-5-18-44-30-17-16-24(20-29(30)35)32-26(22-40(38-32)27-12-8-6-9-13-27)19-25(21-36)33(42)37-31-23(2)39(3)41(34(31)43)28-14-10-7-11-15-28/h6-17,19-20,22H,4-5,18H2,1-3H3,(H,37,42). The third-order valence-electron chi connectivity index (χ3n) is 7.18. The van der Waals surface area contributed by atoms with Gasteiger partial charge in [0.25, 0.3) is 11.5 Å². The largest absolute Gasteiger partial charge is 0.492 e.